The van der Waals surface area contributed by atoms with Crippen LogP contribution in [0.1, 0.15) is 0 Å². The zero-order valence-electron chi connectivity index (χ0n) is 19.0. The highest BCUT2D eigenvalue weighted by Gasteiger charge is 2.25. The van der Waals surface area contributed by atoms with Gasteiger partial charge in [-0.15, -0.1) is 10.2 Å². The van der Waals surface area contributed by atoms with Crippen molar-refractivity contribution < 1.29 is 38.6 Å². The van der Waals surface area contributed by atoms with E-state index in [1.54, 1.807) is 12.1 Å². The van der Waals surface area contributed by atoms with Crippen molar-refractivity contribution in [2.24, 2.45) is 0 Å². The molecule has 7 heteroatoms. The smallest absolute Gasteiger partial charge is 0.219 e. The van der Waals surface area contributed by atoms with Crippen LogP contribution in [0, 0.1) is 10.2 Å². The van der Waals surface area contributed by atoms with Crippen LogP contribution < -0.4 is 23.2 Å². The van der Waals surface area contributed by atoms with Crippen LogP contribution in [0.2, 0.25) is 0 Å². The van der Waals surface area contributed by atoms with Crippen LogP contribution in [0.5, 0.6) is 5.75 Å². The lowest BCUT2D eigenvalue weighted by Gasteiger charge is -2.17. The van der Waals surface area contributed by atoms with E-state index in [2.05, 4.69) is 89.5 Å². The molecule has 180 valence electrons. The molecule has 1 N–H and O–H groups in total. The molecule has 5 rings (SSSR count). The summed E-state index contributed by atoms with van der Waals surface area (Å²) in [4.78, 5) is 0. The summed E-state index contributed by atoms with van der Waals surface area (Å²) in [6, 6.07) is 43.1. The highest BCUT2D eigenvalue weighted by Crippen LogP contribution is 2.30. The van der Waals surface area contributed by atoms with E-state index in [-0.39, 0.29) is 5.75 Å². The number of pyridine rings is 1. The van der Waals surface area contributed by atoms with E-state index < -0.39 is 10.2 Å². The maximum absolute atomic E-state index is 10.2. The molecule has 0 aliphatic heterocycles. The molecule has 0 aliphatic carbocycles. The average Bonchev–Trinajstić information content (AvgIpc) is 2.88. The Morgan fingerprint density at radius 3 is 1.31 bits per heavy atom. The van der Waals surface area contributed by atoms with E-state index in [9.17, 15) is 5.11 Å². The van der Waals surface area contributed by atoms with E-state index >= 15 is 0 Å². The Hall–Kier alpha value is -4.04. The molecule has 1 heterocycles. The molecule has 4 aromatic carbocycles. The summed E-state index contributed by atoms with van der Waals surface area (Å²) in [5.74, 6) is 0.246. The Bertz CT molecular complexity index is 1360. The first-order valence-electron chi connectivity index (χ1n) is 11.0. The van der Waals surface area contributed by atoms with Gasteiger partial charge in [-0.3, -0.25) is 0 Å². The lowest BCUT2D eigenvalue weighted by molar-refractivity contribution is -2.00. The number of hydrogen-bond donors (Lipinski definition) is 1. The number of hydrogen-bond acceptors (Lipinski definition) is 5. The molecule has 36 heavy (non-hydrogen) atoms. The van der Waals surface area contributed by atoms with Gasteiger partial charge in [-0.2, -0.15) is 4.57 Å². The van der Waals surface area contributed by atoms with Crippen molar-refractivity contribution in [1.82, 2.24) is 0 Å². The van der Waals surface area contributed by atoms with Gasteiger partial charge >= 0.3 is 0 Å². The lowest BCUT2D eigenvalue weighted by atomic mass is 9.98. The van der Waals surface area contributed by atoms with Gasteiger partial charge in [-0.1, -0.05) is 72.8 Å². The van der Waals surface area contributed by atoms with Gasteiger partial charge in [-0.25, -0.2) is 18.6 Å². The van der Waals surface area contributed by atoms with Gasteiger partial charge in [0.15, 0.2) is 0 Å². The van der Waals surface area contributed by atoms with Gasteiger partial charge in [0.1, 0.15) is 5.75 Å². The average molecular weight is 500 g/mol. The molecular weight excluding hydrogens is 478 g/mol. The summed E-state index contributed by atoms with van der Waals surface area (Å²) in [5.41, 5.74) is 7.58. The molecule has 6 nitrogen and oxygen atoms in total. The van der Waals surface area contributed by atoms with Crippen molar-refractivity contribution in [3.05, 3.63) is 127 Å². The van der Waals surface area contributed by atoms with Gasteiger partial charge < -0.3 is 5.11 Å². The van der Waals surface area contributed by atoms with E-state index in [0.29, 0.717) is 0 Å². The van der Waals surface area contributed by atoms with Crippen LogP contribution >= 0.6 is 0 Å². The van der Waals surface area contributed by atoms with Crippen LogP contribution in [0.15, 0.2) is 127 Å². The Morgan fingerprint density at radius 2 is 0.889 bits per heavy atom. The number of aromatic nitrogens is 1. The van der Waals surface area contributed by atoms with Crippen LogP contribution in [-0.2, 0) is 0 Å². The third kappa shape index (κ3) is 6.55. The van der Waals surface area contributed by atoms with Crippen molar-refractivity contribution >= 4 is 0 Å². The number of phenolic OH excluding ortho intramolecular Hbond substituents is 1. The second kappa shape index (κ2) is 11.1. The number of rotatable bonds is 4. The summed E-state index contributed by atoms with van der Waals surface area (Å²) < 4.78 is 36.2. The first kappa shape index (κ1) is 25.1. The second-order valence-electron chi connectivity index (χ2n) is 7.85. The fourth-order valence-electron chi connectivity index (χ4n) is 3.95. The number of phenols is 1. The zero-order valence-corrected chi connectivity index (χ0v) is 19.8. The predicted molar refractivity (Wildman–Crippen MR) is 126 cm³/mol. The van der Waals surface area contributed by atoms with Crippen molar-refractivity contribution in [3.63, 3.8) is 0 Å². The molecule has 0 fully saturated rings. The van der Waals surface area contributed by atoms with Crippen molar-refractivity contribution in [1.29, 1.82) is 0 Å². The quantitative estimate of drug-likeness (QED) is 0.379. The van der Waals surface area contributed by atoms with Crippen molar-refractivity contribution in [3.8, 4) is 45.1 Å². The Kier molecular flexibility index (Phi) is 7.75. The second-order valence-corrected chi connectivity index (χ2v) is 8.60. The molecule has 0 unspecified atom stereocenters. The molecule has 5 aromatic rings. The summed E-state index contributed by atoms with van der Waals surface area (Å²) in [6.07, 6.45) is 0. The van der Waals surface area contributed by atoms with Gasteiger partial charge in [-0.05, 0) is 41.5 Å². The monoisotopic (exact) mass is 499 g/mol. The Balaban J connectivity index is 0.000000556. The van der Waals surface area contributed by atoms with E-state index in [1.807, 2.05) is 30.3 Å². The third-order valence-electron chi connectivity index (χ3n) is 5.40. The minimum Gasteiger partial charge on any atom is -0.508 e. The summed E-state index contributed by atoms with van der Waals surface area (Å²) in [6.45, 7) is 0. The fourth-order valence-corrected chi connectivity index (χ4v) is 3.95. The summed E-state index contributed by atoms with van der Waals surface area (Å²) in [7, 11) is -4.94. The van der Waals surface area contributed by atoms with Crippen LogP contribution in [0.3, 0.4) is 0 Å². The molecule has 0 amide bonds. The first-order chi connectivity index (χ1) is 17.3. The van der Waals surface area contributed by atoms with Crippen molar-refractivity contribution in [2.45, 2.75) is 0 Å². The van der Waals surface area contributed by atoms with Crippen LogP contribution in [0.25, 0.3) is 39.3 Å². The van der Waals surface area contributed by atoms with Gasteiger partial charge in [0.2, 0.25) is 17.1 Å². The molecule has 0 atom stereocenters. The summed E-state index contributed by atoms with van der Waals surface area (Å²) >= 11 is 0. The van der Waals surface area contributed by atoms with E-state index in [1.165, 1.54) is 5.56 Å². The van der Waals surface area contributed by atoms with Gasteiger partial charge in [0.05, 0.1) is 6.07 Å². The molecule has 1 aromatic heterocycles. The number of aromatic hydroxyl groups is 1. The fraction of sp³-hybridized carbons (Fsp3) is 0. The maximum Gasteiger partial charge on any atom is 0.219 e. The zero-order chi connectivity index (χ0) is 25.5. The number of benzene rings is 4. The van der Waals surface area contributed by atoms with E-state index in [0.717, 1.165) is 33.8 Å². The number of nitrogens with zero attached hydrogens (tertiary/aromatic N) is 1. The highest BCUT2D eigenvalue weighted by molar-refractivity contribution is 5.74. The van der Waals surface area contributed by atoms with Gasteiger partial charge in [0, 0.05) is 29.3 Å². The number of halogens is 1. The molecule has 0 saturated carbocycles. The molecular formula is C29H22ClNO5. The topological polar surface area (TPSA) is 116 Å². The molecule has 0 radical (unpaired) electrons. The van der Waals surface area contributed by atoms with Crippen LogP contribution in [-0.4, -0.2) is 5.11 Å². The van der Waals surface area contributed by atoms with Gasteiger partial charge in [0.25, 0.3) is 0 Å². The highest BCUT2D eigenvalue weighted by atomic mass is 35.7. The third-order valence-corrected chi connectivity index (χ3v) is 5.40. The Labute approximate surface area is 211 Å². The minimum absolute atomic E-state index is 0.246. The lowest BCUT2D eigenvalue weighted by Crippen LogP contribution is -2.68. The molecule has 0 spiro atoms. The molecule has 0 aliphatic rings. The van der Waals surface area contributed by atoms with Crippen molar-refractivity contribution in [2.75, 3.05) is 0 Å². The maximum atomic E-state index is 10.2. The Morgan fingerprint density at radius 1 is 0.472 bits per heavy atom. The largest absolute Gasteiger partial charge is 0.508 e. The van der Waals surface area contributed by atoms with E-state index in [4.69, 9.17) is 18.6 Å². The normalized spacial score (nSPS) is 10.9. The SMILES string of the molecule is Oc1cccc(-[n+]2c(-c3ccccc3)cc(-c3ccccc3)cc2-c2ccccc2)c1.[O-][Cl+3]([O-])([O-])[O-]. The standard InChI is InChI=1S/C29H21NO.ClHO4/c31-27-18-10-17-26(21-27)30-28(23-13-6-2-7-14-23)19-25(22-11-4-1-5-12-22)20-29(30)24-15-8-3-9-16-24;2-1(3,4)5/h1-21H;(H,2,3,4,5). The minimum atomic E-state index is -4.94. The molecule has 0 bridgehead atoms. The van der Waals surface area contributed by atoms with Crippen LogP contribution in [0.4, 0.5) is 0 Å². The molecule has 0 saturated heterocycles. The first-order valence-corrected chi connectivity index (χ1v) is 12.2. The predicted octanol–water partition coefficient (Wildman–Crippen LogP) is 1.91. The summed E-state index contributed by atoms with van der Waals surface area (Å²) in [5, 5.41) is 10.2.